The van der Waals surface area contributed by atoms with Crippen LogP contribution in [0.15, 0.2) is 39.6 Å². The smallest absolute Gasteiger partial charge is 0.264 e. The van der Waals surface area contributed by atoms with Crippen molar-refractivity contribution in [1.82, 2.24) is 5.43 Å². The maximum Gasteiger partial charge on any atom is 0.264 e. The average molecular weight is 265 g/mol. The summed E-state index contributed by atoms with van der Waals surface area (Å²) in [6.07, 6.45) is 2.69. The van der Waals surface area contributed by atoms with Gasteiger partial charge in [-0.1, -0.05) is 12.1 Å². The molecule has 7 heteroatoms. The number of aromatic hydroxyl groups is 1. The van der Waals surface area contributed by atoms with Gasteiger partial charge in [0.15, 0.2) is 5.38 Å². The lowest BCUT2D eigenvalue weighted by Crippen LogP contribution is -2.38. The summed E-state index contributed by atoms with van der Waals surface area (Å²) < 4.78 is 0. The summed E-state index contributed by atoms with van der Waals surface area (Å²) in [6, 6.07) is 6.67. The predicted molar refractivity (Wildman–Crippen MR) is 69.4 cm³/mol. The van der Waals surface area contributed by atoms with Crippen molar-refractivity contribution in [3.63, 3.8) is 0 Å². The molecule has 0 spiro atoms. The molecular formula is C11H9ClN4O2. The number of carbonyl (C=O) groups is 1. The third-order valence-corrected chi connectivity index (χ3v) is 2.59. The van der Waals surface area contributed by atoms with E-state index in [0.29, 0.717) is 5.56 Å². The first kappa shape index (κ1) is 12.3. The van der Waals surface area contributed by atoms with Gasteiger partial charge in [-0.15, -0.1) is 11.6 Å². The molecule has 1 unspecified atom stereocenters. The molecular weight excluding hydrogens is 256 g/mol. The Kier molecular flexibility index (Phi) is 3.69. The fourth-order valence-corrected chi connectivity index (χ4v) is 1.40. The maximum absolute atomic E-state index is 11.2. The van der Waals surface area contributed by atoms with Gasteiger partial charge in [0, 0.05) is 5.56 Å². The summed E-state index contributed by atoms with van der Waals surface area (Å²) >= 11 is 5.79. The molecule has 0 fully saturated rings. The number of nitrogens with one attached hydrogen (secondary N) is 1. The van der Waals surface area contributed by atoms with Crippen LogP contribution in [0.4, 0.5) is 0 Å². The number of carbonyl (C=O) groups excluding carboxylic acids is 1. The second-order valence-electron chi connectivity index (χ2n) is 3.43. The molecule has 6 nitrogen and oxygen atoms in total. The molecule has 1 aromatic rings. The van der Waals surface area contributed by atoms with Crippen LogP contribution in [0.5, 0.6) is 5.75 Å². The highest BCUT2D eigenvalue weighted by Gasteiger charge is 2.23. The number of hydrogen-bond acceptors (Lipinski definition) is 5. The van der Waals surface area contributed by atoms with Crippen LogP contribution in [0, 0.1) is 0 Å². The van der Waals surface area contributed by atoms with E-state index in [2.05, 4.69) is 20.7 Å². The number of para-hydroxylation sites is 1. The average Bonchev–Trinajstić information content (AvgIpc) is 2.37. The van der Waals surface area contributed by atoms with E-state index in [-0.39, 0.29) is 11.5 Å². The highest BCUT2D eigenvalue weighted by Crippen LogP contribution is 2.12. The zero-order chi connectivity index (χ0) is 13.0. The number of phenolic OH excluding ortho intramolecular Hbond substituents is 1. The molecule has 1 amide bonds. The van der Waals surface area contributed by atoms with Crippen molar-refractivity contribution < 1.29 is 9.90 Å². The molecule has 0 aliphatic carbocycles. The number of benzene rings is 1. The van der Waals surface area contributed by atoms with E-state index in [4.69, 9.17) is 11.6 Å². The van der Waals surface area contributed by atoms with E-state index >= 15 is 0 Å². The Balaban J connectivity index is 2.16. The van der Waals surface area contributed by atoms with E-state index in [1.165, 1.54) is 18.5 Å². The first-order valence-electron chi connectivity index (χ1n) is 5.04. The lowest BCUT2D eigenvalue weighted by molar-refractivity contribution is -0.119. The fourth-order valence-electron chi connectivity index (χ4n) is 1.25. The summed E-state index contributed by atoms with van der Waals surface area (Å²) in [5, 5.41) is 19.7. The van der Waals surface area contributed by atoms with E-state index in [0.717, 1.165) is 0 Å². The standard InChI is InChI=1S/C11H9ClN4O2/c12-10-8(6-14-16-11(10)18)15-13-5-7-3-1-2-4-9(7)17/h1-6,10,17H,(H,16,18)/b13-5-,15-8-. The van der Waals surface area contributed by atoms with Crippen LogP contribution in [0.1, 0.15) is 5.56 Å². The van der Waals surface area contributed by atoms with Gasteiger partial charge in [-0.2, -0.15) is 15.3 Å². The molecule has 0 aromatic heterocycles. The normalized spacial score (nSPS) is 21.5. The highest BCUT2D eigenvalue weighted by molar-refractivity contribution is 6.54. The monoisotopic (exact) mass is 264 g/mol. The van der Waals surface area contributed by atoms with Crippen LogP contribution in [0.2, 0.25) is 0 Å². The molecule has 1 aromatic carbocycles. The molecule has 1 aliphatic rings. The number of phenols is 1. The van der Waals surface area contributed by atoms with E-state index < -0.39 is 11.3 Å². The molecule has 2 rings (SSSR count). The van der Waals surface area contributed by atoms with Crippen molar-refractivity contribution in [1.29, 1.82) is 0 Å². The van der Waals surface area contributed by atoms with Crippen LogP contribution in [0.25, 0.3) is 0 Å². The third kappa shape index (κ3) is 2.72. The van der Waals surface area contributed by atoms with E-state index in [1.54, 1.807) is 18.2 Å². The molecule has 92 valence electrons. The van der Waals surface area contributed by atoms with E-state index in [1.807, 2.05) is 0 Å². The van der Waals surface area contributed by atoms with Gasteiger partial charge in [-0.25, -0.2) is 5.43 Å². The van der Waals surface area contributed by atoms with Crippen LogP contribution in [-0.2, 0) is 4.79 Å². The molecule has 18 heavy (non-hydrogen) atoms. The Labute approximate surface area is 108 Å². The molecule has 1 heterocycles. The van der Waals surface area contributed by atoms with Gasteiger partial charge in [-0.3, -0.25) is 4.79 Å². The van der Waals surface area contributed by atoms with Crippen LogP contribution < -0.4 is 5.43 Å². The Morgan fingerprint density at radius 1 is 1.44 bits per heavy atom. The van der Waals surface area contributed by atoms with Crippen LogP contribution in [0.3, 0.4) is 0 Å². The third-order valence-electron chi connectivity index (χ3n) is 2.17. The minimum Gasteiger partial charge on any atom is -0.507 e. The Bertz CT molecular complexity index is 554. The first-order chi connectivity index (χ1) is 8.68. The minimum atomic E-state index is -0.913. The first-order valence-corrected chi connectivity index (χ1v) is 5.48. The SMILES string of the molecule is O=C1NN=C/C(=N/N=C\c2ccccc2O)C1Cl. The summed E-state index contributed by atoms with van der Waals surface area (Å²) in [5.41, 5.74) is 2.97. The molecule has 0 saturated carbocycles. The van der Waals surface area contributed by atoms with Gasteiger partial charge in [0.1, 0.15) is 11.5 Å². The quantitative estimate of drug-likeness (QED) is 0.472. The number of nitrogens with zero attached hydrogens (tertiary/aromatic N) is 3. The Morgan fingerprint density at radius 2 is 2.22 bits per heavy atom. The molecule has 0 bridgehead atoms. The van der Waals surface area contributed by atoms with Gasteiger partial charge in [0.05, 0.1) is 12.4 Å². The number of alkyl halides is 1. The number of halogens is 1. The van der Waals surface area contributed by atoms with Gasteiger partial charge < -0.3 is 5.11 Å². The molecule has 0 saturated heterocycles. The van der Waals surface area contributed by atoms with Gasteiger partial charge >= 0.3 is 0 Å². The van der Waals surface area contributed by atoms with Crippen molar-refractivity contribution >= 4 is 35.6 Å². The summed E-state index contributed by atoms with van der Waals surface area (Å²) in [4.78, 5) is 11.2. The van der Waals surface area contributed by atoms with Crippen molar-refractivity contribution in [2.45, 2.75) is 5.38 Å². The predicted octanol–water partition coefficient (Wildman–Crippen LogP) is 0.890. The van der Waals surface area contributed by atoms with Crippen molar-refractivity contribution in [3.05, 3.63) is 29.8 Å². The van der Waals surface area contributed by atoms with Gasteiger partial charge in [-0.05, 0) is 12.1 Å². The van der Waals surface area contributed by atoms with E-state index in [9.17, 15) is 9.90 Å². The zero-order valence-electron chi connectivity index (χ0n) is 9.12. The number of amides is 1. The maximum atomic E-state index is 11.2. The fraction of sp³-hybridized carbons (Fsp3) is 0.0909. The lowest BCUT2D eigenvalue weighted by Gasteiger charge is -2.10. The van der Waals surface area contributed by atoms with Crippen LogP contribution >= 0.6 is 11.6 Å². The minimum absolute atomic E-state index is 0.0962. The van der Waals surface area contributed by atoms with Gasteiger partial charge in [0.25, 0.3) is 5.91 Å². The molecule has 1 aliphatic heterocycles. The van der Waals surface area contributed by atoms with Crippen molar-refractivity contribution in [2.75, 3.05) is 0 Å². The summed E-state index contributed by atoms with van der Waals surface area (Å²) in [5.74, 6) is -0.352. The Morgan fingerprint density at radius 3 is 3.00 bits per heavy atom. The molecule has 2 N–H and O–H groups in total. The summed E-state index contributed by atoms with van der Waals surface area (Å²) in [6.45, 7) is 0. The number of hydrazone groups is 1. The lowest BCUT2D eigenvalue weighted by atomic mass is 10.2. The summed E-state index contributed by atoms with van der Waals surface area (Å²) in [7, 11) is 0. The molecule has 0 radical (unpaired) electrons. The van der Waals surface area contributed by atoms with Crippen LogP contribution in [-0.4, -0.2) is 34.5 Å². The number of rotatable bonds is 2. The zero-order valence-corrected chi connectivity index (χ0v) is 9.87. The van der Waals surface area contributed by atoms with Crippen molar-refractivity contribution in [3.8, 4) is 5.75 Å². The number of hydrogen-bond donors (Lipinski definition) is 2. The molecule has 1 atom stereocenters. The highest BCUT2D eigenvalue weighted by atomic mass is 35.5. The largest absolute Gasteiger partial charge is 0.507 e. The van der Waals surface area contributed by atoms with Crippen molar-refractivity contribution in [2.24, 2.45) is 15.3 Å². The second-order valence-corrected chi connectivity index (χ2v) is 3.86. The van der Waals surface area contributed by atoms with Gasteiger partial charge in [0.2, 0.25) is 0 Å². The topological polar surface area (TPSA) is 86.4 Å². The second kappa shape index (κ2) is 5.42. The Hall–Kier alpha value is -2.21.